The van der Waals surface area contributed by atoms with Gasteiger partial charge in [0.2, 0.25) is 0 Å². The van der Waals surface area contributed by atoms with E-state index in [0.717, 1.165) is 11.8 Å². The Hall–Kier alpha value is -3.14. The molecule has 0 saturated heterocycles. The topological polar surface area (TPSA) is 52.6 Å². The lowest BCUT2D eigenvalue weighted by atomic mass is 9.42. The summed E-state index contributed by atoms with van der Waals surface area (Å²) in [6.45, 7) is 10.6. The van der Waals surface area contributed by atoms with Crippen LogP contribution in [0.5, 0.6) is 11.5 Å². The van der Waals surface area contributed by atoms with Crippen molar-refractivity contribution in [2.24, 2.45) is 23.7 Å². The van der Waals surface area contributed by atoms with Gasteiger partial charge in [-0.25, -0.2) is 9.59 Å². The van der Waals surface area contributed by atoms with Gasteiger partial charge in [-0.3, -0.25) is 0 Å². The Balaban J connectivity index is 1.52. The Morgan fingerprint density at radius 1 is 0.676 bits per heavy atom. The molecule has 176 valence electrons. The van der Waals surface area contributed by atoms with Gasteiger partial charge in [0.25, 0.3) is 0 Å². The maximum Gasteiger partial charge on any atom is 0.338 e. The number of hydrogen-bond acceptors (Lipinski definition) is 4. The lowest BCUT2D eigenvalue weighted by molar-refractivity contribution is -0.130. The third kappa shape index (κ3) is 3.79. The van der Waals surface area contributed by atoms with E-state index in [2.05, 4.69) is 37.4 Å². The van der Waals surface area contributed by atoms with E-state index in [9.17, 15) is 9.59 Å². The van der Waals surface area contributed by atoms with Crippen LogP contribution < -0.4 is 9.47 Å². The van der Waals surface area contributed by atoms with Crippen LogP contribution in [-0.4, -0.2) is 11.9 Å². The van der Waals surface area contributed by atoms with Gasteiger partial charge in [-0.1, -0.05) is 37.4 Å². The van der Waals surface area contributed by atoms with E-state index in [1.165, 1.54) is 43.2 Å². The van der Waals surface area contributed by atoms with Crippen molar-refractivity contribution in [3.63, 3.8) is 0 Å². The van der Waals surface area contributed by atoms with E-state index in [1.54, 1.807) is 13.8 Å². The van der Waals surface area contributed by atoms with Gasteiger partial charge in [-0.05, 0) is 105 Å². The summed E-state index contributed by atoms with van der Waals surface area (Å²) in [4.78, 5) is 23.9. The van der Waals surface area contributed by atoms with E-state index in [4.69, 9.17) is 9.47 Å². The second-order valence-corrected chi connectivity index (χ2v) is 10.6. The second-order valence-electron chi connectivity index (χ2n) is 10.6. The molecule has 0 amide bonds. The molecule has 4 aliphatic carbocycles. The zero-order valence-corrected chi connectivity index (χ0v) is 20.0. The highest BCUT2D eigenvalue weighted by Gasteiger charge is 2.58. The maximum atomic E-state index is 12.0. The minimum absolute atomic E-state index is 0.0821. The van der Waals surface area contributed by atoms with Gasteiger partial charge < -0.3 is 9.47 Å². The molecule has 0 atom stereocenters. The minimum atomic E-state index is -0.406. The highest BCUT2D eigenvalue weighted by molar-refractivity contribution is 5.89. The van der Waals surface area contributed by atoms with Crippen molar-refractivity contribution in [1.82, 2.24) is 0 Å². The fourth-order valence-corrected chi connectivity index (χ4v) is 7.02. The van der Waals surface area contributed by atoms with E-state index in [1.807, 2.05) is 24.3 Å². The largest absolute Gasteiger partial charge is 0.423 e. The Morgan fingerprint density at radius 3 is 1.35 bits per heavy atom. The Morgan fingerprint density at radius 2 is 1.03 bits per heavy atom. The van der Waals surface area contributed by atoms with Crippen LogP contribution in [0.3, 0.4) is 0 Å². The van der Waals surface area contributed by atoms with Crippen molar-refractivity contribution in [1.29, 1.82) is 0 Å². The van der Waals surface area contributed by atoms with E-state index in [-0.39, 0.29) is 5.41 Å². The first kappa shape index (κ1) is 22.6. The van der Waals surface area contributed by atoms with Gasteiger partial charge in [0.05, 0.1) is 0 Å². The summed E-state index contributed by atoms with van der Waals surface area (Å²) in [6, 6.07) is 16.2. The number of hydrogen-bond donors (Lipinski definition) is 0. The number of benzene rings is 2. The second kappa shape index (κ2) is 8.57. The van der Waals surface area contributed by atoms with Crippen LogP contribution in [-0.2, 0) is 15.0 Å². The van der Waals surface area contributed by atoms with Gasteiger partial charge in [0.1, 0.15) is 11.5 Å². The SMILES string of the molecule is C=C(C)C(=O)Oc1ccc(C2(c3ccc(OC(=O)C(=C)C)cc3)C3CC4CC(C3)CC2C4)cc1. The van der Waals surface area contributed by atoms with Gasteiger partial charge in [0.15, 0.2) is 0 Å². The molecular weight excluding hydrogens is 424 g/mol. The first-order valence-electron chi connectivity index (χ1n) is 12.2. The van der Waals surface area contributed by atoms with Crippen molar-refractivity contribution in [2.45, 2.75) is 51.4 Å². The van der Waals surface area contributed by atoms with E-state index >= 15 is 0 Å². The summed E-state index contributed by atoms with van der Waals surface area (Å²) < 4.78 is 10.9. The number of carbonyl (C=O) groups is 2. The predicted molar refractivity (Wildman–Crippen MR) is 132 cm³/mol. The monoisotopic (exact) mass is 456 g/mol. The Kier molecular flexibility index (Phi) is 5.71. The van der Waals surface area contributed by atoms with Crippen LogP contribution in [0, 0.1) is 23.7 Å². The summed E-state index contributed by atoms with van der Waals surface area (Å²) in [5.74, 6) is 3.10. The molecule has 4 heteroatoms. The quantitative estimate of drug-likeness (QED) is 0.287. The molecule has 4 aliphatic rings. The average molecular weight is 457 g/mol. The summed E-state index contributed by atoms with van der Waals surface area (Å²) in [7, 11) is 0. The van der Waals surface area contributed by atoms with Crippen molar-refractivity contribution >= 4 is 11.9 Å². The van der Waals surface area contributed by atoms with Crippen LogP contribution in [0.4, 0.5) is 0 Å². The highest BCUT2D eigenvalue weighted by Crippen LogP contribution is 2.65. The molecule has 2 aromatic carbocycles. The maximum absolute atomic E-state index is 12.0. The molecule has 4 fully saturated rings. The summed E-state index contributed by atoms with van der Waals surface area (Å²) in [5, 5.41) is 0. The molecule has 0 unspecified atom stereocenters. The first-order chi connectivity index (χ1) is 16.3. The summed E-state index contributed by atoms with van der Waals surface area (Å²) in [5.41, 5.74) is 3.25. The third-order valence-electron chi connectivity index (χ3n) is 8.21. The van der Waals surface area contributed by atoms with Crippen LogP contribution in [0.15, 0.2) is 72.8 Å². The Bertz CT molecular complexity index is 1040. The molecule has 0 N–H and O–H groups in total. The van der Waals surface area contributed by atoms with Crippen molar-refractivity contribution in [3.05, 3.63) is 84.0 Å². The van der Waals surface area contributed by atoms with Gasteiger partial charge >= 0.3 is 11.9 Å². The van der Waals surface area contributed by atoms with Crippen LogP contribution in [0.1, 0.15) is 57.1 Å². The number of rotatable bonds is 6. The predicted octanol–water partition coefficient (Wildman–Crippen LogP) is 6.39. The number of carbonyl (C=O) groups excluding carboxylic acids is 2. The van der Waals surface area contributed by atoms with E-state index in [0.29, 0.717) is 34.5 Å². The van der Waals surface area contributed by atoms with Crippen LogP contribution in [0.2, 0.25) is 0 Å². The molecule has 0 heterocycles. The number of ether oxygens (including phenoxy) is 2. The van der Waals surface area contributed by atoms with Gasteiger partial charge in [-0.2, -0.15) is 0 Å². The number of esters is 2. The smallest absolute Gasteiger partial charge is 0.338 e. The standard InChI is InChI=1S/C30H32O4/c1-18(2)28(31)33-26-9-5-22(6-10-26)30(24-14-20-13-21(16-24)17-25(30)15-20)23-7-11-27(12-8-23)34-29(32)19(3)4/h5-12,20-21,24-25H,1,3,13-17H2,2,4H3. The lowest BCUT2D eigenvalue weighted by Gasteiger charge is -2.62. The fraction of sp³-hybridized carbons (Fsp3) is 0.400. The fourth-order valence-electron chi connectivity index (χ4n) is 7.02. The molecule has 0 aromatic heterocycles. The van der Waals surface area contributed by atoms with Crippen molar-refractivity contribution in [3.8, 4) is 11.5 Å². The molecule has 0 radical (unpaired) electrons. The molecule has 4 bridgehead atoms. The van der Waals surface area contributed by atoms with Crippen molar-refractivity contribution < 1.29 is 19.1 Å². The summed E-state index contributed by atoms with van der Waals surface area (Å²) >= 11 is 0. The van der Waals surface area contributed by atoms with Crippen molar-refractivity contribution in [2.75, 3.05) is 0 Å². The lowest BCUT2D eigenvalue weighted by Crippen LogP contribution is -2.56. The molecule has 2 aromatic rings. The van der Waals surface area contributed by atoms with Gasteiger partial charge in [0, 0.05) is 16.6 Å². The third-order valence-corrected chi connectivity index (χ3v) is 8.21. The van der Waals surface area contributed by atoms with Crippen LogP contribution in [0.25, 0.3) is 0 Å². The minimum Gasteiger partial charge on any atom is -0.423 e. The zero-order chi connectivity index (χ0) is 24.0. The van der Waals surface area contributed by atoms with E-state index < -0.39 is 11.9 Å². The Labute approximate surface area is 201 Å². The molecule has 6 rings (SSSR count). The van der Waals surface area contributed by atoms with Crippen LogP contribution >= 0.6 is 0 Å². The normalized spacial score (nSPS) is 26.1. The molecule has 0 aliphatic heterocycles. The molecule has 4 nitrogen and oxygen atoms in total. The average Bonchev–Trinajstić information content (AvgIpc) is 2.80. The zero-order valence-electron chi connectivity index (χ0n) is 20.0. The molecular formula is C30H32O4. The molecule has 34 heavy (non-hydrogen) atoms. The summed E-state index contributed by atoms with van der Waals surface area (Å²) in [6.07, 6.45) is 6.41. The van der Waals surface area contributed by atoms with Gasteiger partial charge in [-0.15, -0.1) is 0 Å². The highest BCUT2D eigenvalue weighted by atomic mass is 16.5. The molecule has 0 spiro atoms. The first-order valence-corrected chi connectivity index (χ1v) is 12.2. The molecule has 4 saturated carbocycles.